The first kappa shape index (κ1) is 24.0. The normalized spacial score (nSPS) is 18.2. The molecule has 3 aliphatic rings. The molecule has 3 N–H and O–H groups in total. The van der Waals surface area contributed by atoms with E-state index in [1.54, 1.807) is 6.92 Å². The van der Waals surface area contributed by atoms with Gasteiger partial charge in [0.1, 0.15) is 0 Å². The summed E-state index contributed by atoms with van der Waals surface area (Å²) in [6.45, 7) is 3.71. The van der Waals surface area contributed by atoms with Crippen LogP contribution < -0.4 is 10.5 Å². The second-order valence-electron chi connectivity index (χ2n) is 9.93. The van der Waals surface area contributed by atoms with Gasteiger partial charge >= 0.3 is 0 Å². The first-order valence-electron chi connectivity index (χ1n) is 12.1. The van der Waals surface area contributed by atoms with Gasteiger partial charge in [-0.3, -0.25) is 9.93 Å². The Hall–Kier alpha value is -2.15. The molecule has 0 radical (unpaired) electrons. The molecule has 178 valence electrons. The molecule has 0 aliphatic heterocycles. The van der Waals surface area contributed by atoms with E-state index in [-0.39, 0.29) is 5.91 Å². The zero-order chi connectivity index (χ0) is 23.6. The van der Waals surface area contributed by atoms with E-state index in [4.69, 9.17) is 5.14 Å². The number of benzene rings is 2. The standard InChI is InChI=1S/C14H17NO.C13H20N2OS/c1-9(16)15-14-12-6-2-4-10(12)8-11-5-3-7-13(11)14;1-15(9-11-3-4-11)10-12-5-7-13(8-6-12)17(2,14)16/h8H,2-7H2,1H3,(H,15,16);5-8,11H,2-4,9-10H2,1H3,(H2,14,16). The molecule has 2 aromatic carbocycles. The van der Waals surface area contributed by atoms with Crippen LogP contribution in [0, 0.1) is 5.92 Å². The maximum absolute atomic E-state index is 11.5. The Morgan fingerprint density at radius 2 is 1.67 bits per heavy atom. The van der Waals surface area contributed by atoms with Gasteiger partial charge in [-0.2, -0.15) is 0 Å². The minimum Gasteiger partial charge on any atom is -0.326 e. The van der Waals surface area contributed by atoms with Crippen LogP contribution in [-0.2, 0) is 46.7 Å². The SMILES string of the molecule is C=S(N)(=O)c1ccc(CN(C)CC2CC2)cc1.CC(=O)Nc1c2c(cc3c1CCC3)CCC2. The molecule has 0 spiro atoms. The number of anilines is 1. The van der Waals surface area contributed by atoms with Crippen LogP contribution in [0.4, 0.5) is 5.69 Å². The van der Waals surface area contributed by atoms with E-state index in [1.807, 2.05) is 24.3 Å². The number of aryl methyl sites for hydroxylation is 2. The molecule has 0 bridgehead atoms. The largest absolute Gasteiger partial charge is 0.326 e. The lowest BCUT2D eigenvalue weighted by Gasteiger charge is -2.16. The summed E-state index contributed by atoms with van der Waals surface area (Å²) in [7, 11) is -0.432. The summed E-state index contributed by atoms with van der Waals surface area (Å²) in [6, 6.07) is 9.98. The summed E-state index contributed by atoms with van der Waals surface area (Å²) in [6.07, 6.45) is 9.89. The molecule has 1 unspecified atom stereocenters. The lowest BCUT2D eigenvalue weighted by atomic mass is 9.99. The molecule has 0 saturated heterocycles. The van der Waals surface area contributed by atoms with Gasteiger partial charge < -0.3 is 10.2 Å². The molecule has 3 aliphatic carbocycles. The van der Waals surface area contributed by atoms with Crippen molar-refractivity contribution >= 4 is 27.2 Å². The number of carbonyl (C=O) groups excluding carboxylic acids is 1. The van der Waals surface area contributed by atoms with Crippen molar-refractivity contribution in [1.29, 1.82) is 0 Å². The number of hydrogen-bond donors (Lipinski definition) is 2. The fourth-order valence-electron chi connectivity index (χ4n) is 5.09. The van der Waals surface area contributed by atoms with Gasteiger partial charge in [0.25, 0.3) is 0 Å². The first-order valence-corrected chi connectivity index (χ1v) is 13.9. The number of nitrogens with two attached hydrogens (primary N) is 1. The molecule has 1 atom stereocenters. The summed E-state index contributed by atoms with van der Waals surface area (Å²) in [5.41, 5.74) is 8.16. The maximum atomic E-state index is 11.5. The lowest BCUT2D eigenvalue weighted by molar-refractivity contribution is -0.114. The van der Waals surface area contributed by atoms with Gasteiger partial charge in [0.15, 0.2) is 0 Å². The summed E-state index contributed by atoms with van der Waals surface area (Å²) in [5.74, 6) is 4.44. The zero-order valence-electron chi connectivity index (χ0n) is 20.0. The van der Waals surface area contributed by atoms with Gasteiger partial charge in [-0.05, 0) is 110 Å². The fourth-order valence-corrected chi connectivity index (χ4v) is 5.68. The summed E-state index contributed by atoms with van der Waals surface area (Å²) in [4.78, 5) is 14.2. The van der Waals surface area contributed by atoms with Crippen molar-refractivity contribution in [2.45, 2.75) is 69.7 Å². The van der Waals surface area contributed by atoms with Crippen LogP contribution in [0.5, 0.6) is 0 Å². The Kier molecular flexibility index (Phi) is 7.27. The Balaban J connectivity index is 0.000000157. The number of amides is 1. The van der Waals surface area contributed by atoms with Crippen LogP contribution in [0.2, 0.25) is 0 Å². The molecule has 2 aromatic rings. The van der Waals surface area contributed by atoms with Crippen LogP contribution in [0.3, 0.4) is 0 Å². The summed E-state index contributed by atoms with van der Waals surface area (Å²) in [5, 5.41) is 8.56. The highest BCUT2D eigenvalue weighted by Gasteiger charge is 2.24. The second-order valence-corrected chi connectivity index (χ2v) is 11.8. The third-order valence-corrected chi connectivity index (χ3v) is 7.89. The zero-order valence-corrected chi connectivity index (χ0v) is 20.8. The highest BCUT2D eigenvalue weighted by Crippen LogP contribution is 2.38. The minimum atomic E-state index is -2.57. The first-order chi connectivity index (χ1) is 15.7. The van der Waals surface area contributed by atoms with Crippen molar-refractivity contribution in [1.82, 2.24) is 4.90 Å². The molecule has 33 heavy (non-hydrogen) atoms. The highest BCUT2D eigenvalue weighted by molar-refractivity contribution is 7.98. The van der Waals surface area contributed by atoms with Crippen molar-refractivity contribution in [2.24, 2.45) is 11.1 Å². The molecule has 5 nitrogen and oxygen atoms in total. The average molecular weight is 468 g/mol. The third kappa shape index (κ3) is 6.25. The minimum absolute atomic E-state index is 0.0643. The summed E-state index contributed by atoms with van der Waals surface area (Å²) >= 11 is 0. The number of carbonyl (C=O) groups is 1. The number of hydrogen-bond acceptors (Lipinski definition) is 3. The number of nitrogens with zero attached hydrogens (tertiary/aromatic N) is 1. The Labute approximate surface area is 198 Å². The van der Waals surface area contributed by atoms with Crippen molar-refractivity contribution in [3.05, 3.63) is 58.1 Å². The Bertz CT molecular complexity index is 1090. The van der Waals surface area contributed by atoms with Crippen molar-refractivity contribution < 1.29 is 9.00 Å². The topological polar surface area (TPSA) is 75.4 Å². The van der Waals surface area contributed by atoms with Gasteiger partial charge in [0.05, 0.1) is 9.71 Å². The Morgan fingerprint density at radius 3 is 2.15 bits per heavy atom. The Morgan fingerprint density at radius 1 is 1.09 bits per heavy atom. The smallest absolute Gasteiger partial charge is 0.221 e. The van der Waals surface area contributed by atoms with Gasteiger partial charge in [-0.25, -0.2) is 4.21 Å². The molecular weight excluding hydrogens is 430 g/mol. The van der Waals surface area contributed by atoms with Crippen molar-refractivity contribution in [3.63, 3.8) is 0 Å². The monoisotopic (exact) mass is 467 g/mol. The second kappa shape index (κ2) is 10.00. The fraction of sp³-hybridized carbons (Fsp3) is 0.481. The molecule has 1 saturated carbocycles. The number of nitrogens with one attached hydrogen (secondary N) is 1. The van der Waals surface area contributed by atoms with Crippen molar-refractivity contribution in [2.75, 3.05) is 18.9 Å². The van der Waals surface area contributed by atoms with E-state index < -0.39 is 9.71 Å². The number of rotatable bonds is 6. The van der Waals surface area contributed by atoms with Gasteiger partial charge in [0.2, 0.25) is 5.91 Å². The van der Waals surface area contributed by atoms with Gasteiger partial charge in [-0.1, -0.05) is 18.2 Å². The summed E-state index contributed by atoms with van der Waals surface area (Å²) < 4.78 is 11.5. The van der Waals surface area contributed by atoms with E-state index in [9.17, 15) is 9.00 Å². The van der Waals surface area contributed by atoms with Crippen LogP contribution in [-0.4, -0.2) is 34.5 Å². The average Bonchev–Trinajstić information content (AvgIpc) is 3.22. The molecule has 1 amide bonds. The lowest BCUT2D eigenvalue weighted by Crippen LogP contribution is -2.20. The molecule has 1 fully saturated rings. The van der Waals surface area contributed by atoms with Crippen LogP contribution >= 0.6 is 0 Å². The number of fused-ring (bicyclic) bond motifs is 2. The van der Waals surface area contributed by atoms with Crippen LogP contribution in [0.1, 0.15) is 60.4 Å². The van der Waals surface area contributed by atoms with E-state index in [0.717, 1.165) is 31.0 Å². The van der Waals surface area contributed by atoms with Crippen LogP contribution in [0.15, 0.2) is 35.2 Å². The predicted octanol–water partition coefficient (Wildman–Crippen LogP) is 4.10. The van der Waals surface area contributed by atoms with E-state index in [1.165, 1.54) is 72.9 Å². The van der Waals surface area contributed by atoms with E-state index in [0.29, 0.717) is 4.90 Å². The van der Waals surface area contributed by atoms with E-state index in [2.05, 4.69) is 29.2 Å². The van der Waals surface area contributed by atoms with Crippen LogP contribution in [0.25, 0.3) is 0 Å². The molecule has 5 rings (SSSR count). The molecule has 0 heterocycles. The highest BCUT2D eigenvalue weighted by atomic mass is 32.2. The third-order valence-electron chi connectivity index (χ3n) is 6.82. The molecular formula is C27H37N3O2S. The quantitative estimate of drug-likeness (QED) is 0.628. The van der Waals surface area contributed by atoms with Gasteiger partial charge in [-0.15, -0.1) is 0 Å². The predicted molar refractivity (Wildman–Crippen MR) is 138 cm³/mol. The van der Waals surface area contributed by atoms with Gasteiger partial charge in [0, 0.05) is 30.6 Å². The maximum Gasteiger partial charge on any atom is 0.221 e. The molecule has 0 aromatic heterocycles. The van der Waals surface area contributed by atoms with Crippen molar-refractivity contribution in [3.8, 4) is 0 Å². The molecule has 6 heteroatoms. The van der Waals surface area contributed by atoms with E-state index >= 15 is 0 Å².